The minimum absolute atomic E-state index is 0.0662. The van der Waals surface area contributed by atoms with E-state index in [-0.39, 0.29) is 6.29 Å². The summed E-state index contributed by atoms with van der Waals surface area (Å²) in [5.41, 5.74) is 3.44. The fourth-order valence-corrected chi connectivity index (χ4v) is 2.49. The fourth-order valence-electron chi connectivity index (χ4n) is 2.49. The van der Waals surface area contributed by atoms with Crippen LogP contribution in [0.4, 0.5) is 0 Å². The Kier molecular flexibility index (Phi) is 5.26. The van der Waals surface area contributed by atoms with Crippen LogP contribution in [0.2, 0.25) is 0 Å². The molecule has 1 aliphatic heterocycles. The van der Waals surface area contributed by atoms with E-state index in [1.165, 1.54) is 17.5 Å². The van der Waals surface area contributed by atoms with E-state index in [1.807, 2.05) is 30.3 Å². The van der Waals surface area contributed by atoms with Gasteiger partial charge in [0, 0.05) is 12.2 Å². The van der Waals surface area contributed by atoms with Crippen LogP contribution in [0.15, 0.2) is 54.6 Å². The highest BCUT2D eigenvalue weighted by atomic mass is 16.7. The molecule has 0 aromatic heterocycles. The average Bonchev–Trinajstić information content (AvgIpc) is 2.61. The van der Waals surface area contributed by atoms with Crippen molar-refractivity contribution in [3.8, 4) is 23.0 Å². The SMILES string of the molecule is C(#Cc1ccc(-c2ccccc2)cc1)COC1CCCCO1. The summed E-state index contributed by atoms with van der Waals surface area (Å²) in [6.45, 7) is 1.23. The summed E-state index contributed by atoms with van der Waals surface area (Å²) in [4.78, 5) is 0. The Morgan fingerprint density at radius 2 is 1.73 bits per heavy atom. The minimum Gasteiger partial charge on any atom is -0.353 e. The molecule has 2 heteroatoms. The molecule has 0 saturated carbocycles. The third kappa shape index (κ3) is 4.21. The van der Waals surface area contributed by atoms with Crippen molar-refractivity contribution in [2.24, 2.45) is 0 Å². The van der Waals surface area contributed by atoms with Crippen LogP contribution in [0.1, 0.15) is 24.8 Å². The van der Waals surface area contributed by atoms with Crippen molar-refractivity contribution in [2.45, 2.75) is 25.6 Å². The molecule has 0 N–H and O–H groups in total. The summed E-state index contributed by atoms with van der Waals surface area (Å²) in [5, 5.41) is 0. The number of ether oxygens (including phenoxy) is 2. The van der Waals surface area contributed by atoms with Crippen molar-refractivity contribution in [1.82, 2.24) is 0 Å². The highest BCUT2D eigenvalue weighted by molar-refractivity contribution is 5.64. The zero-order valence-corrected chi connectivity index (χ0v) is 12.6. The van der Waals surface area contributed by atoms with E-state index in [0.717, 1.165) is 25.0 Å². The Balaban J connectivity index is 1.54. The zero-order valence-electron chi connectivity index (χ0n) is 12.6. The molecule has 2 aromatic carbocycles. The van der Waals surface area contributed by atoms with Gasteiger partial charge in [-0.15, -0.1) is 0 Å². The van der Waals surface area contributed by atoms with Gasteiger partial charge >= 0.3 is 0 Å². The molecule has 2 aromatic rings. The predicted octanol–water partition coefficient (Wildman–Crippen LogP) is 4.25. The second kappa shape index (κ2) is 7.79. The second-order valence-electron chi connectivity index (χ2n) is 5.35. The normalized spacial score (nSPS) is 17.5. The predicted molar refractivity (Wildman–Crippen MR) is 88.3 cm³/mol. The fraction of sp³-hybridized carbons (Fsp3) is 0.300. The van der Waals surface area contributed by atoms with Crippen LogP contribution in [0.5, 0.6) is 0 Å². The van der Waals surface area contributed by atoms with Crippen molar-refractivity contribution in [1.29, 1.82) is 0 Å². The molecule has 1 saturated heterocycles. The Morgan fingerprint density at radius 1 is 0.955 bits per heavy atom. The standard InChI is InChI=1S/C20H20O2/c1-2-8-18(9-3-1)19-13-11-17(12-14-19)7-6-16-22-20-10-4-5-15-21-20/h1-3,8-9,11-14,20H,4-5,10,15-16H2. The zero-order chi connectivity index (χ0) is 15.0. The van der Waals surface area contributed by atoms with Gasteiger partial charge in [0.05, 0.1) is 0 Å². The molecular formula is C20H20O2. The van der Waals surface area contributed by atoms with E-state index in [4.69, 9.17) is 9.47 Å². The van der Waals surface area contributed by atoms with E-state index in [1.54, 1.807) is 0 Å². The molecule has 0 radical (unpaired) electrons. The maximum absolute atomic E-state index is 5.60. The molecule has 2 nitrogen and oxygen atoms in total. The molecule has 0 aliphatic carbocycles. The first kappa shape index (κ1) is 14.8. The summed E-state index contributed by atoms with van der Waals surface area (Å²) in [7, 11) is 0. The number of hydrogen-bond donors (Lipinski definition) is 0. The molecule has 0 bridgehead atoms. The van der Waals surface area contributed by atoms with Gasteiger partial charge in [-0.05, 0) is 42.5 Å². The van der Waals surface area contributed by atoms with Gasteiger partial charge < -0.3 is 9.47 Å². The molecule has 1 aliphatic rings. The third-order valence-corrected chi connectivity index (χ3v) is 3.70. The van der Waals surface area contributed by atoms with Crippen LogP contribution in [0.3, 0.4) is 0 Å². The Labute approximate surface area is 132 Å². The lowest BCUT2D eigenvalue weighted by Gasteiger charge is -2.21. The van der Waals surface area contributed by atoms with Gasteiger partial charge in [-0.3, -0.25) is 0 Å². The second-order valence-corrected chi connectivity index (χ2v) is 5.35. The van der Waals surface area contributed by atoms with Gasteiger partial charge in [-0.2, -0.15) is 0 Å². The monoisotopic (exact) mass is 292 g/mol. The van der Waals surface area contributed by atoms with Crippen LogP contribution in [0.25, 0.3) is 11.1 Å². The van der Waals surface area contributed by atoms with Gasteiger partial charge in [0.1, 0.15) is 6.61 Å². The summed E-state index contributed by atoms with van der Waals surface area (Å²) >= 11 is 0. The molecule has 3 rings (SSSR count). The average molecular weight is 292 g/mol. The molecule has 0 spiro atoms. The van der Waals surface area contributed by atoms with Crippen molar-refractivity contribution >= 4 is 0 Å². The lowest BCUT2D eigenvalue weighted by atomic mass is 10.0. The lowest BCUT2D eigenvalue weighted by molar-refractivity contribution is -0.154. The van der Waals surface area contributed by atoms with Crippen LogP contribution in [-0.4, -0.2) is 19.5 Å². The van der Waals surface area contributed by atoms with Gasteiger partial charge in [0.25, 0.3) is 0 Å². The van der Waals surface area contributed by atoms with E-state index in [9.17, 15) is 0 Å². The highest BCUT2D eigenvalue weighted by Gasteiger charge is 2.12. The van der Waals surface area contributed by atoms with Crippen LogP contribution in [0, 0.1) is 11.8 Å². The van der Waals surface area contributed by atoms with Crippen molar-refractivity contribution in [2.75, 3.05) is 13.2 Å². The molecule has 1 heterocycles. The number of rotatable bonds is 3. The topological polar surface area (TPSA) is 18.5 Å². The van der Waals surface area contributed by atoms with E-state index < -0.39 is 0 Å². The first-order chi connectivity index (χ1) is 10.9. The van der Waals surface area contributed by atoms with Gasteiger partial charge in [-0.1, -0.05) is 54.3 Å². The van der Waals surface area contributed by atoms with Gasteiger partial charge in [0.2, 0.25) is 0 Å². The maximum Gasteiger partial charge on any atom is 0.158 e. The van der Waals surface area contributed by atoms with Gasteiger partial charge in [0.15, 0.2) is 6.29 Å². The maximum atomic E-state index is 5.60. The van der Waals surface area contributed by atoms with Gasteiger partial charge in [-0.25, -0.2) is 0 Å². The lowest BCUT2D eigenvalue weighted by Crippen LogP contribution is -2.22. The molecule has 1 atom stereocenters. The van der Waals surface area contributed by atoms with E-state index in [2.05, 4.69) is 36.1 Å². The first-order valence-electron chi connectivity index (χ1n) is 7.79. The molecule has 1 unspecified atom stereocenters. The molecule has 0 amide bonds. The molecular weight excluding hydrogens is 272 g/mol. The van der Waals surface area contributed by atoms with E-state index in [0.29, 0.717) is 6.61 Å². The third-order valence-electron chi connectivity index (χ3n) is 3.70. The summed E-state index contributed by atoms with van der Waals surface area (Å²) < 4.78 is 11.1. The van der Waals surface area contributed by atoms with Crippen LogP contribution in [-0.2, 0) is 9.47 Å². The van der Waals surface area contributed by atoms with Crippen LogP contribution < -0.4 is 0 Å². The first-order valence-corrected chi connectivity index (χ1v) is 7.79. The Hall–Kier alpha value is -2.08. The number of hydrogen-bond acceptors (Lipinski definition) is 2. The highest BCUT2D eigenvalue weighted by Crippen LogP contribution is 2.18. The molecule has 112 valence electrons. The smallest absolute Gasteiger partial charge is 0.158 e. The summed E-state index contributed by atoms with van der Waals surface area (Å²) in [6, 6.07) is 18.6. The largest absolute Gasteiger partial charge is 0.353 e. The Morgan fingerprint density at radius 3 is 2.45 bits per heavy atom. The summed E-state index contributed by atoms with van der Waals surface area (Å²) in [5.74, 6) is 6.19. The quantitative estimate of drug-likeness (QED) is 0.787. The minimum atomic E-state index is -0.0662. The Bertz CT molecular complexity index is 629. The number of benzene rings is 2. The molecule has 22 heavy (non-hydrogen) atoms. The summed E-state index contributed by atoms with van der Waals surface area (Å²) in [6.07, 6.45) is 3.23. The van der Waals surface area contributed by atoms with Crippen LogP contribution >= 0.6 is 0 Å². The molecule has 1 fully saturated rings. The van der Waals surface area contributed by atoms with E-state index >= 15 is 0 Å². The van der Waals surface area contributed by atoms with Crippen molar-refractivity contribution in [3.05, 3.63) is 60.2 Å². The van der Waals surface area contributed by atoms with Crippen molar-refractivity contribution < 1.29 is 9.47 Å². The van der Waals surface area contributed by atoms with Crippen molar-refractivity contribution in [3.63, 3.8) is 0 Å².